The summed E-state index contributed by atoms with van der Waals surface area (Å²) in [4.78, 5) is 14.6. The van der Waals surface area contributed by atoms with Gasteiger partial charge in [-0.25, -0.2) is 12.8 Å². The highest BCUT2D eigenvalue weighted by Crippen LogP contribution is 2.19. The fraction of sp³-hybridized carbons (Fsp3) is 0.409. The summed E-state index contributed by atoms with van der Waals surface area (Å²) in [6.45, 7) is 7.14. The SMILES string of the molecule is CC(C)N1CCC(CNC(=O)Cc2ccc(NS(=O)(=O)c3ccc(F)cc3)cc2)C1. The summed E-state index contributed by atoms with van der Waals surface area (Å²) in [5.74, 6) is -0.0565. The molecule has 8 heteroatoms. The summed E-state index contributed by atoms with van der Waals surface area (Å²) in [5, 5.41) is 3.00. The summed E-state index contributed by atoms with van der Waals surface area (Å²) >= 11 is 0. The largest absolute Gasteiger partial charge is 0.355 e. The van der Waals surface area contributed by atoms with Gasteiger partial charge in [0.1, 0.15) is 5.82 Å². The molecule has 1 heterocycles. The van der Waals surface area contributed by atoms with E-state index in [0.717, 1.165) is 37.2 Å². The molecule has 1 atom stereocenters. The Hall–Kier alpha value is -2.45. The molecular formula is C22H28FN3O3S. The third-order valence-electron chi connectivity index (χ3n) is 5.33. The second-order valence-corrected chi connectivity index (χ2v) is 9.66. The van der Waals surface area contributed by atoms with Crippen LogP contribution < -0.4 is 10.0 Å². The van der Waals surface area contributed by atoms with E-state index in [1.54, 1.807) is 24.3 Å². The Morgan fingerprint density at radius 3 is 2.40 bits per heavy atom. The zero-order valence-corrected chi connectivity index (χ0v) is 18.1. The number of amides is 1. The highest BCUT2D eigenvalue weighted by molar-refractivity contribution is 7.92. The molecule has 0 aliphatic carbocycles. The summed E-state index contributed by atoms with van der Waals surface area (Å²) in [5.41, 5.74) is 1.18. The first-order valence-corrected chi connectivity index (χ1v) is 11.6. The third kappa shape index (κ3) is 6.03. The van der Waals surface area contributed by atoms with E-state index in [4.69, 9.17) is 0 Å². The van der Waals surface area contributed by atoms with E-state index in [1.165, 1.54) is 12.1 Å². The number of carbonyl (C=O) groups excluding carboxylic acids is 1. The molecule has 30 heavy (non-hydrogen) atoms. The maximum absolute atomic E-state index is 13.0. The van der Waals surface area contributed by atoms with Gasteiger partial charge in [0, 0.05) is 24.8 Å². The van der Waals surface area contributed by atoms with Gasteiger partial charge in [0.2, 0.25) is 5.91 Å². The summed E-state index contributed by atoms with van der Waals surface area (Å²) in [6, 6.07) is 11.8. The summed E-state index contributed by atoms with van der Waals surface area (Å²) < 4.78 is 40.1. The van der Waals surface area contributed by atoms with Crippen LogP contribution in [0.3, 0.4) is 0 Å². The monoisotopic (exact) mass is 433 g/mol. The highest BCUT2D eigenvalue weighted by Gasteiger charge is 2.24. The number of likely N-dealkylation sites (tertiary alicyclic amines) is 1. The smallest absolute Gasteiger partial charge is 0.261 e. The van der Waals surface area contributed by atoms with Gasteiger partial charge in [-0.15, -0.1) is 0 Å². The van der Waals surface area contributed by atoms with E-state index < -0.39 is 15.8 Å². The van der Waals surface area contributed by atoms with Crippen LogP contribution in [0.2, 0.25) is 0 Å². The standard InChI is InChI=1S/C22H28FN3O3S/c1-16(2)26-12-11-18(15-26)14-24-22(27)13-17-3-7-20(8-4-17)25-30(28,29)21-9-5-19(23)6-10-21/h3-10,16,18,25H,11-15H2,1-2H3,(H,24,27). The van der Waals surface area contributed by atoms with Crippen LogP contribution in [0.1, 0.15) is 25.8 Å². The number of benzene rings is 2. The molecule has 2 aromatic carbocycles. The normalized spacial score (nSPS) is 17.3. The van der Waals surface area contributed by atoms with E-state index in [0.29, 0.717) is 24.2 Å². The molecule has 0 bridgehead atoms. The minimum Gasteiger partial charge on any atom is -0.355 e. The summed E-state index contributed by atoms with van der Waals surface area (Å²) in [7, 11) is -3.79. The predicted octanol–water partition coefficient (Wildman–Crippen LogP) is 3.02. The van der Waals surface area contributed by atoms with Gasteiger partial charge in [0.05, 0.1) is 11.3 Å². The number of rotatable bonds is 8. The molecule has 162 valence electrons. The van der Waals surface area contributed by atoms with Crippen LogP contribution in [0.15, 0.2) is 53.4 Å². The summed E-state index contributed by atoms with van der Waals surface area (Å²) in [6.07, 6.45) is 1.34. The molecule has 1 aliphatic heterocycles. The van der Waals surface area contributed by atoms with Crippen molar-refractivity contribution in [2.45, 2.75) is 37.6 Å². The Balaban J connectivity index is 1.49. The molecule has 1 fully saturated rings. The van der Waals surface area contributed by atoms with Crippen LogP contribution in [0, 0.1) is 11.7 Å². The lowest BCUT2D eigenvalue weighted by Gasteiger charge is -2.20. The first kappa shape index (κ1) is 22.2. The lowest BCUT2D eigenvalue weighted by atomic mass is 10.1. The van der Waals surface area contributed by atoms with Crippen LogP contribution in [-0.2, 0) is 21.2 Å². The average molecular weight is 434 g/mol. The second kappa shape index (κ2) is 9.57. The van der Waals surface area contributed by atoms with E-state index in [-0.39, 0.29) is 17.2 Å². The van der Waals surface area contributed by atoms with Crippen molar-refractivity contribution in [1.82, 2.24) is 10.2 Å². The Kier molecular flexibility index (Phi) is 7.10. The zero-order valence-electron chi connectivity index (χ0n) is 17.3. The number of nitrogens with one attached hydrogen (secondary N) is 2. The number of hydrogen-bond donors (Lipinski definition) is 2. The lowest BCUT2D eigenvalue weighted by Crippen LogP contribution is -2.33. The number of anilines is 1. The first-order chi connectivity index (χ1) is 14.2. The highest BCUT2D eigenvalue weighted by atomic mass is 32.2. The maximum atomic E-state index is 13.0. The minimum atomic E-state index is -3.79. The van der Waals surface area contributed by atoms with E-state index in [2.05, 4.69) is 28.8 Å². The molecule has 0 aromatic heterocycles. The third-order valence-corrected chi connectivity index (χ3v) is 6.73. The van der Waals surface area contributed by atoms with Crippen molar-refractivity contribution in [2.24, 2.45) is 5.92 Å². The predicted molar refractivity (Wildman–Crippen MR) is 115 cm³/mol. The van der Waals surface area contributed by atoms with Gasteiger partial charge in [-0.3, -0.25) is 9.52 Å². The van der Waals surface area contributed by atoms with Crippen molar-refractivity contribution in [1.29, 1.82) is 0 Å². The lowest BCUT2D eigenvalue weighted by molar-refractivity contribution is -0.120. The van der Waals surface area contributed by atoms with Crippen molar-refractivity contribution in [3.63, 3.8) is 0 Å². The number of hydrogen-bond acceptors (Lipinski definition) is 4. The topological polar surface area (TPSA) is 78.5 Å². The molecule has 2 aromatic rings. The molecule has 1 unspecified atom stereocenters. The van der Waals surface area contributed by atoms with Gasteiger partial charge in [0.25, 0.3) is 10.0 Å². The molecule has 0 spiro atoms. The van der Waals surface area contributed by atoms with Gasteiger partial charge in [-0.05, 0) is 74.7 Å². The molecule has 3 rings (SSSR count). The van der Waals surface area contributed by atoms with Crippen LogP contribution >= 0.6 is 0 Å². The van der Waals surface area contributed by atoms with Crippen molar-refractivity contribution in [3.8, 4) is 0 Å². The first-order valence-electron chi connectivity index (χ1n) is 10.1. The van der Waals surface area contributed by atoms with Gasteiger partial charge in [-0.1, -0.05) is 12.1 Å². The number of carbonyl (C=O) groups is 1. The minimum absolute atomic E-state index is 0.0182. The van der Waals surface area contributed by atoms with Crippen LogP contribution in [0.4, 0.5) is 10.1 Å². The number of halogens is 1. The average Bonchev–Trinajstić information content (AvgIpc) is 3.18. The van der Waals surface area contributed by atoms with Crippen LogP contribution in [-0.4, -0.2) is 44.9 Å². The van der Waals surface area contributed by atoms with Crippen molar-refractivity contribution < 1.29 is 17.6 Å². The Morgan fingerprint density at radius 2 is 1.80 bits per heavy atom. The van der Waals surface area contributed by atoms with E-state index >= 15 is 0 Å². The fourth-order valence-electron chi connectivity index (χ4n) is 3.52. The van der Waals surface area contributed by atoms with Gasteiger partial charge in [0.15, 0.2) is 0 Å². The van der Waals surface area contributed by atoms with Gasteiger partial charge >= 0.3 is 0 Å². The molecule has 1 aliphatic rings. The molecule has 1 saturated heterocycles. The maximum Gasteiger partial charge on any atom is 0.261 e. The van der Waals surface area contributed by atoms with Gasteiger partial charge in [-0.2, -0.15) is 0 Å². The van der Waals surface area contributed by atoms with Crippen molar-refractivity contribution >= 4 is 21.6 Å². The Bertz CT molecular complexity index is 960. The quantitative estimate of drug-likeness (QED) is 0.671. The van der Waals surface area contributed by atoms with E-state index in [9.17, 15) is 17.6 Å². The molecule has 2 N–H and O–H groups in total. The second-order valence-electron chi connectivity index (χ2n) is 7.98. The Labute approximate surface area is 177 Å². The van der Waals surface area contributed by atoms with Crippen molar-refractivity contribution in [3.05, 3.63) is 59.9 Å². The van der Waals surface area contributed by atoms with E-state index in [1.807, 2.05) is 0 Å². The molecule has 0 radical (unpaired) electrons. The molecule has 0 saturated carbocycles. The van der Waals surface area contributed by atoms with Crippen molar-refractivity contribution in [2.75, 3.05) is 24.4 Å². The molecule has 6 nitrogen and oxygen atoms in total. The Morgan fingerprint density at radius 1 is 1.13 bits per heavy atom. The molecule has 1 amide bonds. The zero-order chi connectivity index (χ0) is 21.7. The fourth-order valence-corrected chi connectivity index (χ4v) is 4.58. The van der Waals surface area contributed by atoms with Crippen LogP contribution in [0.25, 0.3) is 0 Å². The number of nitrogens with zero attached hydrogens (tertiary/aromatic N) is 1. The molecular weight excluding hydrogens is 405 g/mol. The van der Waals surface area contributed by atoms with Gasteiger partial charge < -0.3 is 10.2 Å². The number of sulfonamides is 1. The van der Waals surface area contributed by atoms with Crippen LogP contribution in [0.5, 0.6) is 0 Å².